The summed E-state index contributed by atoms with van der Waals surface area (Å²) in [6, 6.07) is 5.39. The number of aryl methyl sites for hydroxylation is 1. The maximum atomic E-state index is 14.0. The predicted octanol–water partition coefficient (Wildman–Crippen LogP) is 3.95. The molecule has 0 amide bonds. The van der Waals surface area contributed by atoms with Crippen molar-refractivity contribution in [3.63, 3.8) is 0 Å². The van der Waals surface area contributed by atoms with Crippen LogP contribution in [0.1, 0.15) is 30.2 Å². The summed E-state index contributed by atoms with van der Waals surface area (Å²) >= 11 is 12.6. The number of hydrogen-bond donors (Lipinski definition) is 2. The summed E-state index contributed by atoms with van der Waals surface area (Å²) in [6.07, 6.45) is 2.33. The molecule has 0 aliphatic carbocycles. The van der Waals surface area contributed by atoms with Crippen LogP contribution in [-0.4, -0.2) is 24.5 Å². The Morgan fingerprint density at radius 2 is 1.94 bits per heavy atom. The Kier molecular flexibility index (Phi) is 5.84. The number of nitrogens with two attached hydrogens (primary N) is 1. The first-order chi connectivity index (χ1) is 15.7. The number of benzene rings is 1. The molecule has 0 saturated heterocycles. The van der Waals surface area contributed by atoms with E-state index in [-0.39, 0.29) is 49.7 Å². The molecular weight excluding hydrogens is 470 g/mol. The van der Waals surface area contributed by atoms with Gasteiger partial charge in [0.2, 0.25) is 0 Å². The molecule has 3 N–H and O–H groups in total. The minimum atomic E-state index is -0.721. The van der Waals surface area contributed by atoms with Gasteiger partial charge in [-0.15, -0.1) is 0 Å². The highest BCUT2D eigenvalue weighted by Gasteiger charge is 2.23. The lowest BCUT2D eigenvalue weighted by Crippen LogP contribution is -2.28. The highest BCUT2D eigenvalue weighted by molar-refractivity contribution is 6.39. The minimum Gasteiger partial charge on any atom is -0.382 e. The topological polar surface area (TPSA) is 135 Å². The van der Waals surface area contributed by atoms with Crippen molar-refractivity contribution in [2.24, 2.45) is 0 Å². The normalized spacial score (nSPS) is 11.9. The van der Waals surface area contributed by atoms with Crippen LogP contribution in [0.4, 0.5) is 16.0 Å². The highest BCUT2D eigenvalue weighted by Crippen LogP contribution is 2.29. The molecule has 4 rings (SSSR count). The Hall–Kier alpha value is -3.81. The van der Waals surface area contributed by atoms with E-state index < -0.39 is 17.4 Å². The van der Waals surface area contributed by atoms with Crippen LogP contribution in [-0.2, 0) is 0 Å². The van der Waals surface area contributed by atoms with E-state index in [0.29, 0.717) is 5.82 Å². The summed E-state index contributed by atoms with van der Waals surface area (Å²) in [5.41, 5.74) is 5.63. The maximum Gasteiger partial charge on any atom is 0.267 e. The van der Waals surface area contributed by atoms with Gasteiger partial charge in [-0.25, -0.2) is 19.3 Å². The van der Waals surface area contributed by atoms with Crippen LogP contribution in [0.25, 0.3) is 16.6 Å². The number of pyridine rings is 1. The SMILES string of the molecule is Cc1nc(N)c(C#N)c(N[C@@H](C)c2nc3c(Cl)ccc(Cl)c3c(=O)n2-c2cncc(F)c2)n1. The molecule has 33 heavy (non-hydrogen) atoms. The summed E-state index contributed by atoms with van der Waals surface area (Å²) in [5, 5.41) is 13.0. The third kappa shape index (κ3) is 4.04. The molecule has 0 aliphatic rings. The zero-order valence-electron chi connectivity index (χ0n) is 17.3. The quantitative estimate of drug-likeness (QED) is 0.444. The van der Waals surface area contributed by atoms with Crippen LogP contribution >= 0.6 is 23.2 Å². The fourth-order valence-corrected chi connectivity index (χ4v) is 3.81. The molecule has 0 saturated carbocycles. The smallest absolute Gasteiger partial charge is 0.267 e. The average Bonchev–Trinajstić information content (AvgIpc) is 2.75. The van der Waals surface area contributed by atoms with Gasteiger partial charge in [-0.2, -0.15) is 5.26 Å². The predicted molar refractivity (Wildman–Crippen MR) is 123 cm³/mol. The standard InChI is InChI=1S/C21H15Cl2FN8O/c1-9(28-19-13(6-25)18(26)29-10(2)30-19)20-31-17-15(23)4-3-14(22)16(17)21(33)32(20)12-5-11(24)7-27-8-12/h3-5,7-9H,1-2H3,(H3,26,28,29,30)/t9-/m0/s1. The van der Waals surface area contributed by atoms with Crippen molar-refractivity contribution in [1.29, 1.82) is 5.26 Å². The zero-order valence-corrected chi connectivity index (χ0v) is 18.8. The van der Waals surface area contributed by atoms with E-state index in [1.54, 1.807) is 13.8 Å². The van der Waals surface area contributed by atoms with Gasteiger partial charge in [-0.3, -0.25) is 14.3 Å². The van der Waals surface area contributed by atoms with Gasteiger partial charge in [0.15, 0.2) is 5.82 Å². The molecular formula is C21H15Cl2FN8O. The van der Waals surface area contributed by atoms with Crippen LogP contribution in [0.15, 0.2) is 35.4 Å². The number of nitrogen functional groups attached to an aromatic ring is 1. The third-order valence-electron chi connectivity index (χ3n) is 4.80. The monoisotopic (exact) mass is 484 g/mol. The van der Waals surface area contributed by atoms with Crippen LogP contribution in [0.5, 0.6) is 0 Å². The Morgan fingerprint density at radius 1 is 1.21 bits per heavy atom. The zero-order chi connectivity index (χ0) is 23.9. The second-order valence-electron chi connectivity index (χ2n) is 7.08. The second kappa shape index (κ2) is 8.61. The lowest BCUT2D eigenvalue weighted by atomic mass is 10.2. The molecule has 0 aliphatic heterocycles. The van der Waals surface area contributed by atoms with Crippen LogP contribution in [0, 0.1) is 24.1 Å². The summed E-state index contributed by atoms with van der Waals surface area (Å²) in [7, 11) is 0. The van der Waals surface area contributed by atoms with Crippen LogP contribution < -0.4 is 16.6 Å². The second-order valence-corrected chi connectivity index (χ2v) is 7.90. The van der Waals surface area contributed by atoms with Gasteiger partial charge in [0, 0.05) is 6.07 Å². The van der Waals surface area contributed by atoms with E-state index in [1.165, 1.54) is 22.9 Å². The summed E-state index contributed by atoms with van der Waals surface area (Å²) in [6.45, 7) is 3.31. The number of fused-ring (bicyclic) bond motifs is 1. The number of rotatable bonds is 4. The Morgan fingerprint density at radius 3 is 2.64 bits per heavy atom. The van der Waals surface area contributed by atoms with E-state index >= 15 is 0 Å². The molecule has 1 aromatic carbocycles. The molecule has 0 bridgehead atoms. The summed E-state index contributed by atoms with van der Waals surface area (Å²) in [5.74, 6) is 0.0180. The number of anilines is 2. The van der Waals surface area contributed by atoms with E-state index in [0.717, 1.165) is 12.3 Å². The van der Waals surface area contributed by atoms with Gasteiger partial charge in [0.05, 0.1) is 45.1 Å². The van der Waals surface area contributed by atoms with Crippen molar-refractivity contribution < 1.29 is 4.39 Å². The molecule has 3 aromatic heterocycles. The van der Waals surface area contributed by atoms with Crippen LogP contribution in [0.2, 0.25) is 10.0 Å². The van der Waals surface area contributed by atoms with E-state index in [4.69, 9.17) is 28.9 Å². The summed E-state index contributed by atoms with van der Waals surface area (Å²) < 4.78 is 15.2. The lowest BCUT2D eigenvalue weighted by Gasteiger charge is -2.21. The van der Waals surface area contributed by atoms with Gasteiger partial charge in [0.25, 0.3) is 5.56 Å². The first-order valence-electron chi connectivity index (χ1n) is 9.53. The fraction of sp³-hybridized carbons (Fsp3) is 0.143. The molecule has 9 nitrogen and oxygen atoms in total. The van der Waals surface area contributed by atoms with Crippen LogP contribution in [0.3, 0.4) is 0 Å². The van der Waals surface area contributed by atoms with Gasteiger partial charge in [-0.1, -0.05) is 23.2 Å². The number of halogens is 3. The highest BCUT2D eigenvalue weighted by atomic mass is 35.5. The number of nitrogens with one attached hydrogen (secondary N) is 1. The Balaban J connectivity index is 1.99. The maximum absolute atomic E-state index is 14.0. The number of nitriles is 1. The molecule has 3 heterocycles. The first-order valence-corrected chi connectivity index (χ1v) is 10.3. The van der Waals surface area contributed by atoms with Gasteiger partial charge >= 0.3 is 0 Å². The van der Waals surface area contributed by atoms with E-state index in [9.17, 15) is 14.4 Å². The largest absolute Gasteiger partial charge is 0.382 e. The molecule has 1 atom stereocenters. The molecule has 4 aromatic rings. The van der Waals surface area contributed by atoms with E-state index in [1.807, 2.05) is 6.07 Å². The molecule has 0 spiro atoms. The fourth-order valence-electron chi connectivity index (χ4n) is 3.38. The van der Waals surface area contributed by atoms with Gasteiger partial charge in [-0.05, 0) is 26.0 Å². The van der Waals surface area contributed by atoms with Crippen molar-refractivity contribution >= 4 is 45.7 Å². The molecule has 0 radical (unpaired) electrons. The van der Waals surface area contributed by atoms with Crippen molar-refractivity contribution in [2.45, 2.75) is 19.9 Å². The summed E-state index contributed by atoms with van der Waals surface area (Å²) in [4.78, 5) is 30.2. The van der Waals surface area contributed by atoms with Crippen molar-refractivity contribution in [1.82, 2.24) is 24.5 Å². The number of nitrogens with zero attached hydrogens (tertiary/aromatic N) is 6. The molecule has 0 fully saturated rings. The van der Waals surface area contributed by atoms with E-state index in [2.05, 4.69) is 25.3 Å². The molecule has 166 valence electrons. The average molecular weight is 485 g/mol. The molecule has 0 unspecified atom stereocenters. The van der Waals surface area contributed by atoms with Gasteiger partial charge in [0.1, 0.15) is 34.9 Å². The Bertz CT molecular complexity index is 1520. The molecule has 12 heteroatoms. The first kappa shape index (κ1) is 22.4. The lowest BCUT2D eigenvalue weighted by molar-refractivity contribution is 0.617. The van der Waals surface area contributed by atoms with Crippen molar-refractivity contribution in [3.8, 4) is 11.8 Å². The third-order valence-corrected chi connectivity index (χ3v) is 5.42. The van der Waals surface area contributed by atoms with Crippen molar-refractivity contribution in [3.05, 3.63) is 74.0 Å². The number of hydrogen-bond acceptors (Lipinski definition) is 8. The minimum absolute atomic E-state index is 0.00715. The van der Waals surface area contributed by atoms with Crippen molar-refractivity contribution in [2.75, 3.05) is 11.1 Å². The Labute approximate surface area is 196 Å². The van der Waals surface area contributed by atoms with Gasteiger partial charge < -0.3 is 11.1 Å². The number of aromatic nitrogens is 5.